The Kier molecular flexibility index (Phi) is 6.00. The quantitative estimate of drug-likeness (QED) is 0.402. The number of nitrogens with zero attached hydrogens (tertiary/aromatic N) is 4. The third-order valence-electron chi connectivity index (χ3n) is 4.48. The molecule has 0 spiro atoms. The first-order valence-electron chi connectivity index (χ1n) is 9.60. The standard InChI is InChI=1S/C24H19N5O2/c1-31-24(30)20-9-5-7-18(15-20)13-14-19-8-6-10-21(16-19)25-17-23-26-27-28-29(23)22-11-3-2-4-12-22/h2-12,15-16,25H,17H2,1H3. The number of hydrogen-bond acceptors (Lipinski definition) is 6. The Bertz CT molecular complexity index is 1260. The zero-order valence-electron chi connectivity index (χ0n) is 16.8. The number of benzene rings is 3. The van der Waals surface area contributed by atoms with Crippen LogP contribution >= 0.6 is 0 Å². The molecule has 0 bridgehead atoms. The van der Waals surface area contributed by atoms with Crippen LogP contribution in [0.1, 0.15) is 27.3 Å². The summed E-state index contributed by atoms with van der Waals surface area (Å²) in [5, 5.41) is 15.3. The maximum absolute atomic E-state index is 11.7. The third-order valence-corrected chi connectivity index (χ3v) is 4.48. The summed E-state index contributed by atoms with van der Waals surface area (Å²) < 4.78 is 6.45. The number of para-hydroxylation sites is 1. The monoisotopic (exact) mass is 409 g/mol. The molecule has 0 aliphatic carbocycles. The van der Waals surface area contributed by atoms with E-state index in [1.54, 1.807) is 22.9 Å². The molecule has 0 fully saturated rings. The highest BCUT2D eigenvalue weighted by Crippen LogP contribution is 2.13. The van der Waals surface area contributed by atoms with Crippen molar-refractivity contribution in [2.45, 2.75) is 6.54 Å². The Morgan fingerprint density at radius 1 is 0.968 bits per heavy atom. The fourth-order valence-electron chi connectivity index (χ4n) is 2.96. The van der Waals surface area contributed by atoms with Crippen molar-refractivity contribution < 1.29 is 9.53 Å². The maximum Gasteiger partial charge on any atom is 0.337 e. The SMILES string of the molecule is COC(=O)c1cccc(C#Cc2cccc(NCc3nnnn3-c3ccccc3)c2)c1. The Morgan fingerprint density at radius 2 is 1.71 bits per heavy atom. The summed E-state index contributed by atoms with van der Waals surface area (Å²) in [7, 11) is 1.36. The second-order valence-electron chi connectivity index (χ2n) is 6.60. The van der Waals surface area contributed by atoms with E-state index in [-0.39, 0.29) is 5.97 Å². The Labute approximate surface area is 179 Å². The average molecular weight is 409 g/mol. The van der Waals surface area contributed by atoms with Gasteiger partial charge in [-0.2, -0.15) is 4.68 Å². The molecule has 152 valence electrons. The van der Waals surface area contributed by atoms with Gasteiger partial charge in [0.2, 0.25) is 0 Å². The zero-order valence-corrected chi connectivity index (χ0v) is 16.8. The van der Waals surface area contributed by atoms with E-state index >= 15 is 0 Å². The van der Waals surface area contributed by atoms with Gasteiger partial charge in [0, 0.05) is 16.8 Å². The minimum atomic E-state index is -0.382. The molecule has 31 heavy (non-hydrogen) atoms. The summed E-state index contributed by atoms with van der Waals surface area (Å²) in [6.07, 6.45) is 0. The van der Waals surface area contributed by atoms with Crippen LogP contribution in [0.3, 0.4) is 0 Å². The lowest BCUT2D eigenvalue weighted by atomic mass is 10.1. The highest BCUT2D eigenvalue weighted by molar-refractivity contribution is 5.89. The number of aromatic nitrogens is 4. The van der Waals surface area contributed by atoms with Crippen molar-refractivity contribution in [3.05, 3.63) is 101 Å². The number of ether oxygens (including phenoxy) is 1. The lowest BCUT2D eigenvalue weighted by molar-refractivity contribution is 0.0600. The van der Waals surface area contributed by atoms with Crippen molar-refractivity contribution in [3.8, 4) is 17.5 Å². The zero-order chi connectivity index (χ0) is 21.5. The minimum Gasteiger partial charge on any atom is -0.465 e. The van der Waals surface area contributed by atoms with Crippen molar-refractivity contribution >= 4 is 11.7 Å². The second-order valence-corrected chi connectivity index (χ2v) is 6.60. The van der Waals surface area contributed by atoms with Crippen LogP contribution in [-0.4, -0.2) is 33.3 Å². The summed E-state index contributed by atoms with van der Waals surface area (Å²) in [6.45, 7) is 0.458. The van der Waals surface area contributed by atoms with Gasteiger partial charge < -0.3 is 10.1 Å². The van der Waals surface area contributed by atoms with Gasteiger partial charge in [0.05, 0.1) is 24.9 Å². The molecule has 0 aliphatic rings. The molecule has 4 aromatic rings. The molecular weight excluding hydrogens is 390 g/mol. The molecule has 0 unspecified atom stereocenters. The van der Waals surface area contributed by atoms with Crippen molar-refractivity contribution in [1.82, 2.24) is 20.2 Å². The highest BCUT2D eigenvalue weighted by Gasteiger charge is 2.08. The molecule has 4 rings (SSSR count). The fraction of sp³-hybridized carbons (Fsp3) is 0.0833. The fourth-order valence-corrected chi connectivity index (χ4v) is 2.96. The van der Waals surface area contributed by atoms with E-state index in [0.29, 0.717) is 17.9 Å². The largest absolute Gasteiger partial charge is 0.465 e. The van der Waals surface area contributed by atoms with Gasteiger partial charge in [-0.3, -0.25) is 0 Å². The maximum atomic E-state index is 11.7. The van der Waals surface area contributed by atoms with E-state index in [4.69, 9.17) is 4.74 Å². The molecule has 1 aromatic heterocycles. The van der Waals surface area contributed by atoms with Crippen LogP contribution in [0, 0.1) is 11.8 Å². The van der Waals surface area contributed by atoms with Gasteiger partial charge in [-0.15, -0.1) is 5.10 Å². The molecule has 1 heterocycles. The molecule has 1 N–H and O–H groups in total. The number of carbonyl (C=O) groups is 1. The van der Waals surface area contributed by atoms with Gasteiger partial charge in [0.25, 0.3) is 0 Å². The predicted octanol–water partition coefficient (Wildman–Crippen LogP) is 3.46. The van der Waals surface area contributed by atoms with E-state index in [9.17, 15) is 4.79 Å². The van der Waals surface area contributed by atoms with E-state index in [1.807, 2.05) is 60.7 Å². The van der Waals surface area contributed by atoms with Gasteiger partial charge in [-0.05, 0) is 59.0 Å². The summed E-state index contributed by atoms with van der Waals surface area (Å²) in [4.78, 5) is 11.7. The van der Waals surface area contributed by atoms with Crippen molar-refractivity contribution in [1.29, 1.82) is 0 Å². The van der Waals surface area contributed by atoms with E-state index in [0.717, 1.165) is 22.5 Å². The number of anilines is 1. The first kappa shape index (κ1) is 19.9. The molecule has 0 aliphatic heterocycles. The first-order chi connectivity index (χ1) is 15.2. The van der Waals surface area contributed by atoms with Crippen LogP contribution in [0.4, 0.5) is 5.69 Å². The third kappa shape index (κ3) is 4.95. The van der Waals surface area contributed by atoms with Gasteiger partial charge in [-0.1, -0.05) is 42.2 Å². The number of nitrogens with one attached hydrogen (secondary N) is 1. The number of tetrazole rings is 1. The van der Waals surface area contributed by atoms with Crippen LogP contribution < -0.4 is 5.32 Å². The second kappa shape index (κ2) is 9.37. The summed E-state index contributed by atoms with van der Waals surface area (Å²) >= 11 is 0. The molecule has 0 atom stereocenters. The Balaban J connectivity index is 1.47. The number of rotatable bonds is 5. The van der Waals surface area contributed by atoms with Gasteiger partial charge in [0.1, 0.15) is 0 Å². The Morgan fingerprint density at radius 3 is 2.48 bits per heavy atom. The predicted molar refractivity (Wildman–Crippen MR) is 117 cm³/mol. The van der Waals surface area contributed by atoms with Crippen LogP contribution in [0.2, 0.25) is 0 Å². The van der Waals surface area contributed by atoms with E-state index < -0.39 is 0 Å². The molecule has 0 saturated carbocycles. The summed E-state index contributed by atoms with van der Waals surface area (Å²) in [6, 6.07) is 24.5. The van der Waals surface area contributed by atoms with Gasteiger partial charge in [-0.25, -0.2) is 4.79 Å². The van der Waals surface area contributed by atoms with E-state index in [1.165, 1.54) is 7.11 Å². The molecule has 0 saturated heterocycles. The molecule has 0 radical (unpaired) electrons. The minimum absolute atomic E-state index is 0.382. The number of hydrogen-bond donors (Lipinski definition) is 1. The van der Waals surface area contributed by atoms with Crippen LogP contribution in [0.15, 0.2) is 78.9 Å². The van der Waals surface area contributed by atoms with Crippen LogP contribution in [-0.2, 0) is 11.3 Å². The lowest BCUT2D eigenvalue weighted by Gasteiger charge is -2.07. The number of methoxy groups -OCH3 is 1. The smallest absolute Gasteiger partial charge is 0.337 e. The molecule has 0 amide bonds. The lowest BCUT2D eigenvalue weighted by Crippen LogP contribution is -2.08. The highest BCUT2D eigenvalue weighted by atomic mass is 16.5. The average Bonchev–Trinajstić information content (AvgIpc) is 3.31. The van der Waals surface area contributed by atoms with Crippen LogP contribution in [0.5, 0.6) is 0 Å². The molecular formula is C24H19N5O2. The first-order valence-corrected chi connectivity index (χ1v) is 9.60. The van der Waals surface area contributed by atoms with Crippen molar-refractivity contribution in [2.75, 3.05) is 12.4 Å². The van der Waals surface area contributed by atoms with Gasteiger partial charge >= 0.3 is 5.97 Å². The van der Waals surface area contributed by atoms with Gasteiger partial charge in [0.15, 0.2) is 5.82 Å². The van der Waals surface area contributed by atoms with Crippen LogP contribution in [0.25, 0.3) is 5.69 Å². The molecule has 7 nitrogen and oxygen atoms in total. The van der Waals surface area contributed by atoms with Crippen molar-refractivity contribution in [2.24, 2.45) is 0 Å². The Hall–Kier alpha value is -4.44. The topological polar surface area (TPSA) is 81.9 Å². The molecule has 7 heteroatoms. The molecule has 3 aromatic carbocycles. The normalized spacial score (nSPS) is 10.1. The number of esters is 1. The number of carbonyl (C=O) groups excluding carboxylic acids is 1. The summed E-state index contributed by atoms with van der Waals surface area (Å²) in [5.41, 5.74) is 3.86. The summed E-state index contributed by atoms with van der Waals surface area (Å²) in [5.74, 6) is 6.53. The van der Waals surface area contributed by atoms with E-state index in [2.05, 4.69) is 32.7 Å². The van der Waals surface area contributed by atoms with Crippen molar-refractivity contribution in [3.63, 3.8) is 0 Å².